The number of hydrogen-bond acceptors (Lipinski definition) is 3. The van der Waals surface area contributed by atoms with Crippen LogP contribution in [0.3, 0.4) is 0 Å². The van der Waals surface area contributed by atoms with Crippen LogP contribution in [0.1, 0.15) is 49.9 Å². The van der Waals surface area contributed by atoms with Gasteiger partial charge in [-0.1, -0.05) is 39.2 Å². The molecule has 0 aliphatic rings. The number of carbonyl (C=O) groups is 1. The summed E-state index contributed by atoms with van der Waals surface area (Å²) in [5.74, 6) is -0.256. The van der Waals surface area contributed by atoms with E-state index >= 15 is 0 Å². The van der Waals surface area contributed by atoms with Crippen molar-refractivity contribution in [2.75, 3.05) is 18.1 Å². The molecule has 1 rings (SSSR count). The van der Waals surface area contributed by atoms with Gasteiger partial charge in [-0.2, -0.15) is 0 Å². The standard InChI is InChI=1S/C16H25NO2S/c1-4-6-8-12(5-2)11-17-13-9-7-10-14(20-3)15(13)16(18)19/h7,9-10,12,17H,4-6,8,11H2,1-3H3,(H,18,19). The first-order valence-electron chi connectivity index (χ1n) is 7.28. The molecule has 0 fully saturated rings. The number of aromatic carboxylic acids is 1. The lowest BCUT2D eigenvalue weighted by Gasteiger charge is -2.18. The van der Waals surface area contributed by atoms with Crippen LogP contribution in [0.25, 0.3) is 0 Å². The van der Waals surface area contributed by atoms with E-state index in [0.717, 1.165) is 23.5 Å². The molecule has 1 aromatic carbocycles. The van der Waals surface area contributed by atoms with Gasteiger partial charge >= 0.3 is 5.97 Å². The summed E-state index contributed by atoms with van der Waals surface area (Å²) in [4.78, 5) is 12.2. The van der Waals surface area contributed by atoms with Crippen molar-refractivity contribution in [2.24, 2.45) is 5.92 Å². The number of carboxylic acids is 1. The summed E-state index contributed by atoms with van der Waals surface area (Å²) in [6.45, 7) is 5.23. The topological polar surface area (TPSA) is 49.3 Å². The van der Waals surface area contributed by atoms with Crippen molar-refractivity contribution in [2.45, 2.75) is 44.4 Å². The smallest absolute Gasteiger partial charge is 0.338 e. The Morgan fingerprint density at radius 2 is 2.15 bits per heavy atom. The van der Waals surface area contributed by atoms with E-state index in [1.807, 2.05) is 24.5 Å². The highest BCUT2D eigenvalue weighted by Crippen LogP contribution is 2.27. The van der Waals surface area contributed by atoms with Gasteiger partial charge in [-0.25, -0.2) is 4.79 Å². The molecule has 0 aromatic heterocycles. The molecule has 0 aliphatic carbocycles. The van der Waals surface area contributed by atoms with Crippen LogP contribution in [-0.2, 0) is 0 Å². The van der Waals surface area contributed by atoms with Gasteiger partial charge in [0, 0.05) is 17.1 Å². The SMILES string of the molecule is CCCCC(CC)CNc1cccc(SC)c1C(=O)O. The van der Waals surface area contributed by atoms with Crippen molar-refractivity contribution in [1.82, 2.24) is 0 Å². The number of carboxylic acid groups (broad SMARTS) is 1. The molecule has 1 aromatic rings. The van der Waals surface area contributed by atoms with Crippen molar-refractivity contribution in [3.63, 3.8) is 0 Å². The number of thioether (sulfide) groups is 1. The zero-order chi connectivity index (χ0) is 15.0. The number of rotatable bonds is 9. The first-order valence-corrected chi connectivity index (χ1v) is 8.50. The number of hydrogen-bond donors (Lipinski definition) is 2. The minimum atomic E-state index is -0.862. The van der Waals surface area contributed by atoms with Crippen molar-refractivity contribution >= 4 is 23.4 Å². The van der Waals surface area contributed by atoms with Crippen LogP contribution < -0.4 is 5.32 Å². The van der Waals surface area contributed by atoms with E-state index in [9.17, 15) is 9.90 Å². The minimum absolute atomic E-state index is 0.394. The summed E-state index contributed by atoms with van der Waals surface area (Å²) in [6.07, 6.45) is 6.67. The molecule has 0 saturated carbocycles. The summed E-state index contributed by atoms with van der Waals surface area (Å²) in [5, 5.41) is 12.7. The molecule has 112 valence electrons. The summed E-state index contributed by atoms with van der Waals surface area (Å²) in [5.41, 5.74) is 1.13. The third-order valence-corrected chi connectivity index (χ3v) is 4.36. The van der Waals surface area contributed by atoms with Gasteiger partial charge in [0.2, 0.25) is 0 Å². The van der Waals surface area contributed by atoms with Crippen LogP contribution in [0.2, 0.25) is 0 Å². The molecular formula is C16H25NO2S. The highest BCUT2D eigenvalue weighted by atomic mass is 32.2. The zero-order valence-corrected chi connectivity index (χ0v) is 13.4. The monoisotopic (exact) mass is 295 g/mol. The Morgan fingerprint density at radius 3 is 2.70 bits per heavy atom. The van der Waals surface area contributed by atoms with Crippen molar-refractivity contribution in [3.8, 4) is 0 Å². The van der Waals surface area contributed by atoms with Crippen LogP contribution in [0.4, 0.5) is 5.69 Å². The van der Waals surface area contributed by atoms with E-state index in [1.165, 1.54) is 31.0 Å². The first-order chi connectivity index (χ1) is 9.63. The van der Waals surface area contributed by atoms with E-state index in [1.54, 1.807) is 0 Å². The predicted molar refractivity (Wildman–Crippen MR) is 87.0 cm³/mol. The summed E-state index contributed by atoms with van der Waals surface area (Å²) >= 11 is 1.47. The first kappa shape index (κ1) is 16.9. The molecule has 4 heteroatoms. The molecular weight excluding hydrogens is 270 g/mol. The molecule has 0 spiro atoms. The van der Waals surface area contributed by atoms with Gasteiger partial charge in [0.05, 0.1) is 5.56 Å². The maximum atomic E-state index is 11.4. The molecule has 20 heavy (non-hydrogen) atoms. The number of anilines is 1. The molecule has 0 heterocycles. The van der Waals surface area contributed by atoms with Crippen molar-refractivity contribution < 1.29 is 9.90 Å². The maximum absolute atomic E-state index is 11.4. The summed E-state index contributed by atoms with van der Waals surface area (Å²) in [6, 6.07) is 5.62. The van der Waals surface area contributed by atoms with Crippen LogP contribution >= 0.6 is 11.8 Å². The van der Waals surface area contributed by atoms with E-state index < -0.39 is 5.97 Å². The Morgan fingerprint density at radius 1 is 1.40 bits per heavy atom. The Labute approximate surface area is 126 Å². The Balaban J connectivity index is 2.78. The van der Waals surface area contributed by atoms with Crippen molar-refractivity contribution in [1.29, 1.82) is 0 Å². The van der Waals surface area contributed by atoms with Gasteiger partial charge in [0.25, 0.3) is 0 Å². The Kier molecular flexibility index (Phi) is 7.52. The number of benzene rings is 1. The van der Waals surface area contributed by atoms with Gasteiger partial charge in [-0.15, -0.1) is 11.8 Å². The number of unbranched alkanes of at least 4 members (excludes halogenated alkanes) is 1. The Bertz CT molecular complexity index is 434. The second-order valence-corrected chi connectivity index (χ2v) is 5.83. The quantitative estimate of drug-likeness (QED) is 0.646. The molecule has 0 bridgehead atoms. The Hall–Kier alpha value is -1.16. The maximum Gasteiger partial charge on any atom is 0.338 e. The van der Waals surface area contributed by atoms with Crippen molar-refractivity contribution in [3.05, 3.63) is 23.8 Å². The lowest BCUT2D eigenvalue weighted by Crippen LogP contribution is -2.16. The van der Waals surface area contributed by atoms with E-state index in [-0.39, 0.29) is 0 Å². The fourth-order valence-electron chi connectivity index (χ4n) is 2.27. The van der Waals surface area contributed by atoms with Gasteiger partial charge in [-0.05, 0) is 30.7 Å². The van der Waals surface area contributed by atoms with Gasteiger partial charge in [0.15, 0.2) is 0 Å². The van der Waals surface area contributed by atoms with E-state index in [2.05, 4.69) is 19.2 Å². The fraction of sp³-hybridized carbons (Fsp3) is 0.562. The van der Waals surface area contributed by atoms with Gasteiger partial charge in [-0.3, -0.25) is 0 Å². The lowest BCUT2D eigenvalue weighted by atomic mass is 9.99. The lowest BCUT2D eigenvalue weighted by molar-refractivity contribution is 0.0694. The second-order valence-electron chi connectivity index (χ2n) is 4.99. The largest absolute Gasteiger partial charge is 0.478 e. The molecule has 1 atom stereocenters. The molecule has 0 saturated heterocycles. The third kappa shape index (κ3) is 4.75. The highest BCUT2D eigenvalue weighted by Gasteiger charge is 2.15. The average Bonchev–Trinajstić information content (AvgIpc) is 2.46. The third-order valence-electron chi connectivity index (χ3n) is 3.58. The average molecular weight is 295 g/mol. The molecule has 2 N–H and O–H groups in total. The van der Waals surface area contributed by atoms with Crippen LogP contribution in [-0.4, -0.2) is 23.9 Å². The molecule has 0 aliphatic heterocycles. The fourth-order valence-corrected chi connectivity index (χ4v) is 2.88. The van der Waals surface area contributed by atoms with Crippen LogP contribution in [0.15, 0.2) is 23.1 Å². The van der Waals surface area contributed by atoms with E-state index in [0.29, 0.717) is 11.5 Å². The van der Waals surface area contributed by atoms with Crippen LogP contribution in [0, 0.1) is 5.92 Å². The van der Waals surface area contributed by atoms with Gasteiger partial charge in [0.1, 0.15) is 0 Å². The predicted octanol–water partition coefficient (Wildman–Crippen LogP) is 4.74. The minimum Gasteiger partial charge on any atom is -0.478 e. The normalized spacial score (nSPS) is 12.2. The van der Waals surface area contributed by atoms with E-state index in [4.69, 9.17) is 0 Å². The molecule has 0 radical (unpaired) electrons. The molecule has 0 amide bonds. The number of nitrogens with one attached hydrogen (secondary N) is 1. The second kappa shape index (κ2) is 8.90. The van der Waals surface area contributed by atoms with Gasteiger partial charge < -0.3 is 10.4 Å². The molecule has 1 unspecified atom stereocenters. The molecule has 3 nitrogen and oxygen atoms in total. The highest BCUT2D eigenvalue weighted by molar-refractivity contribution is 7.98. The van der Waals surface area contributed by atoms with Crippen LogP contribution in [0.5, 0.6) is 0 Å². The summed E-state index contributed by atoms with van der Waals surface area (Å²) < 4.78 is 0. The zero-order valence-electron chi connectivity index (χ0n) is 12.6. The summed E-state index contributed by atoms with van der Waals surface area (Å²) in [7, 11) is 0.